The van der Waals surface area contributed by atoms with Crippen molar-refractivity contribution in [3.63, 3.8) is 0 Å². The van der Waals surface area contributed by atoms with E-state index in [0.717, 1.165) is 47.2 Å². The molecule has 0 aliphatic heterocycles. The number of aryl methyl sites for hydroxylation is 1. The Kier molecular flexibility index (Phi) is 6.67. The average molecular weight is 452 g/mol. The van der Waals surface area contributed by atoms with Crippen molar-refractivity contribution in [2.75, 3.05) is 17.7 Å². The maximum atomic E-state index is 13.6. The van der Waals surface area contributed by atoms with E-state index in [1.54, 1.807) is 6.20 Å². The van der Waals surface area contributed by atoms with Gasteiger partial charge in [0.2, 0.25) is 11.8 Å². The molecule has 1 aliphatic carbocycles. The molecule has 172 valence electrons. The maximum absolute atomic E-state index is 13.6. The van der Waals surface area contributed by atoms with Crippen molar-refractivity contribution in [2.24, 2.45) is 5.92 Å². The number of carboxylic acids is 1. The van der Waals surface area contributed by atoms with Crippen LogP contribution in [0.25, 0.3) is 11.1 Å². The second-order valence-electron chi connectivity index (χ2n) is 8.23. The molecule has 2 heterocycles. The molecule has 3 N–H and O–H groups in total. The normalized spacial score (nSPS) is 17.9. The number of anilines is 3. The van der Waals surface area contributed by atoms with Crippen LogP contribution in [-0.2, 0) is 4.79 Å². The number of ether oxygens (including phenoxy) is 1. The molecule has 0 spiro atoms. The van der Waals surface area contributed by atoms with Crippen molar-refractivity contribution in [2.45, 2.75) is 38.6 Å². The predicted molar refractivity (Wildman–Crippen MR) is 123 cm³/mol. The van der Waals surface area contributed by atoms with Gasteiger partial charge < -0.3 is 20.5 Å². The number of hydrogen-bond acceptors (Lipinski definition) is 7. The lowest BCUT2D eigenvalue weighted by Crippen LogP contribution is -2.29. The number of nitrogens with zero attached hydrogens (tertiary/aromatic N) is 3. The molecule has 1 fully saturated rings. The number of nitrogens with one attached hydrogen (secondary N) is 2. The predicted octanol–water partition coefficient (Wildman–Crippen LogP) is 4.79. The highest BCUT2D eigenvalue weighted by Crippen LogP contribution is 2.29. The van der Waals surface area contributed by atoms with Crippen LogP contribution in [0.1, 0.15) is 31.2 Å². The van der Waals surface area contributed by atoms with Crippen LogP contribution < -0.4 is 15.4 Å². The Morgan fingerprint density at radius 1 is 1.09 bits per heavy atom. The van der Waals surface area contributed by atoms with Gasteiger partial charge >= 0.3 is 5.97 Å². The van der Waals surface area contributed by atoms with Gasteiger partial charge in [-0.05, 0) is 68.0 Å². The number of benzene rings is 1. The highest BCUT2D eigenvalue weighted by Gasteiger charge is 2.25. The molecule has 2 aromatic heterocycles. The SMILES string of the molecule is COc1nc(Nc2cc(C)cc(-c3ccc(N[C@H]4CC[C@H](C(=O)O)CC4)nc3)c2)ncc1F. The molecular formula is C24H26FN5O3. The fourth-order valence-corrected chi connectivity index (χ4v) is 4.05. The van der Waals surface area contributed by atoms with Crippen molar-refractivity contribution in [1.82, 2.24) is 15.0 Å². The van der Waals surface area contributed by atoms with Gasteiger partial charge in [-0.1, -0.05) is 6.07 Å². The van der Waals surface area contributed by atoms with Crippen molar-refractivity contribution in [3.05, 3.63) is 54.1 Å². The second kappa shape index (κ2) is 9.81. The van der Waals surface area contributed by atoms with Gasteiger partial charge in [-0.25, -0.2) is 9.97 Å². The summed E-state index contributed by atoms with van der Waals surface area (Å²) in [7, 11) is 1.35. The lowest BCUT2D eigenvalue weighted by atomic mass is 9.86. The molecule has 3 aromatic rings. The van der Waals surface area contributed by atoms with Gasteiger partial charge in [-0.15, -0.1) is 0 Å². The van der Waals surface area contributed by atoms with Crippen molar-refractivity contribution in [1.29, 1.82) is 0 Å². The summed E-state index contributed by atoms with van der Waals surface area (Å²) in [5, 5.41) is 15.6. The van der Waals surface area contributed by atoms with Gasteiger partial charge in [0, 0.05) is 23.5 Å². The van der Waals surface area contributed by atoms with Crippen LogP contribution in [0.15, 0.2) is 42.7 Å². The summed E-state index contributed by atoms with van der Waals surface area (Å²) in [6, 6.07) is 10.1. The summed E-state index contributed by atoms with van der Waals surface area (Å²) in [6.45, 7) is 1.98. The third-order valence-electron chi connectivity index (χ3n) is 5.76. The highest BCUT2D eigenvalue weighted by atomic mass is 19.1. The molecule has 0 amide bonds. The van der Waals surface area contributed by atoms with Gasteiger partial charge in [0.1, 0.15) is 5.82 Å². The number of methoxy groups -OCH3 is 1. The number of aromatic nitrogens is 3. The van der Waals surface area contributed by atoms with Crippen LogP contribution in [0.4, 0.5) is 21.8 Å². The van der Waals surface area contributed by atoms with E-state index in [1.165, 1.54) is 7.11 Å². The summed E-state index contributed by atoms with van der Waals surface area (Å²) in [6.07, 6.45) is 5.89. The number of pyridine rings is 1. The zero-order valence-corrected chi connectivity index (χ0v) is 18.5. The molecule has 1 saturated carbocycles. The number of rotatable bonds is 7. The third kappa shape index (κ3) is 5.54. The minimum absolute atomic E-state index is 0.121. The van der Waals surface area contributed by atoms with E-state index in [2.05, 4.69) is 31.7 Å². The summed E-state index contributed by atoms with van der Waals surface area (Å²) >= 11 is 0. The van der Waals surface area contributed by atoms with Crippen molar-refractivity contribution < 1.29 is 19.0 Å². The monoisotopic (exact) mass is 451 g/mol. The lowest BCUT2D eigenvalue weighted by molar-refractivity contribution is -0.142. The first-order chi connectivity index (χ1) is 15.9. The van der Waals surface area contributed by atoms with Crippen molar-refractivity contribution >= 4 is 23.4 Å². The van der Waals surface area contributed by atoms with Gasteiger partial charge in [-0.3, -0.25) is 4.79 Å². The van der Waals surface area contributed by atoms with Crippen LogP contribution in [0.3, 0.4) is 0 Å². The zero-order valence-electron chi connectivity index (χ0n) is 18.5. The Bertz CT molecular complexity index is 1130. The molecule has 1 aliphatic rings. The van der Waals surface area contributed by atoms with Crippen LogP contribution in [0, 0.1) is 18.7 Å². The Morgan fingerprint density at radius 3 is 2.55 bits per heavy atom. The first kappa shape index (κ1) is 22.4. The summed E-state index contributed by atoms with van der Waals surface area (Å²) in [5.41, 5.74) is 3.70. The molecule has 4 rings (SSSR count). The zero-order chi connectivity index (χ0) is 23.4. The fraction of sp³-hybridized carbons (Fsp3) is 0.333. The largest absolute Gasteiger partial charge is 0.481 e. The van der Waals surface area contributed by atoms with Crippen LogP contribution in [0.2, 0.25) is 0 Å². The van der Waals surface area contributed by atoms with Gasteiger partial charge in [0.05, 0.1) is 19.2 Å². The Morgan fingerprint density at radius 2 is 1.88 bits per heavy atom. The summed E-state index contributed by atoms with van der Waals surface area (Å²) in [4.78, 5) is 23.7. The number of halogens is 1. The van der Waals surface area contributed by atoms with E-state index in [9.17, 15) is 9.18 Å². The van der Waals surface area contributed by atoms with Gasteiger partial charge in [-0.2, -0.15) is 9.37 Å². The standard InChI is InChI=1S/C24H26FN5O3/c1-14-9-17(11-19(10-14)29-24-27-13-20(25)22(30-24)33-2)16-5-8-21(26-12-16)28-18-6-3-15(4-7-18)23(31)32/h5,8-13,15,18H,3-4,6-7H2,1-2H3,(H,26,28)(H,31,32)(H,27,29,30)/t15-,18-. The second-order valence-corrected chi connectivity index (χ2v) is 8.23. The van der Waals surface area contributed by atoms with E-state index in [1.807, 2.05) is 31.2 Å². The van der Waals surface area contributed by atoms with E-state index in [4.69, 9.17) is 9.84 Å². The van der Waals surface area contributed by atoms with E-state index in [-0.39, 0.29) is 23.8 Å². The van der Waals surface area contributed by atoms with E-state index >= 15 is 0 Å². The average Bonchev–Trinajstić information content (AvgIpc) is 2.81. The lowest BCUT2D eigenvalue weighted by Gasteiger charge is -2.27. The number of carboxylic acid groups (broad SMARTS) is 1. The minimum Gasteiger partial charge on any atom is -0.481 e. The maximum Gasteiger partial charge on any atom is 0.306 e. The molecule has 9 heteroatoms. The smallest absolute Gasteiger partial charge is 0.306 e. The Balaban J connectivity index is 1.45. The molecule has 0 bridgehead atoms. The Hall–Kier alpha value is -3.75. The van der Waals surface area contributed by atoms with E-state index in [0.29, 0.717) is 12.8 Å². The molecule has 0 atom stereocenters. The van der Waals surface area contributed by atoms with Crippen LogP contribution >= 0.6 is 0 Å². The Labute approximate surface area is 191 Å². The number of aliphatic carboxylic acids is 1. The highest BCUT2D eigenvalue weighted by molar-refractivity contribution is 5.71. The minimum atomic E-state index is -0.701. The molecule has 0 saturated heterocycles. The van der Waals surface area contributed by atoms with Crippen LogP contribution in [-0.4, -0.2) is 39.2 Å². The summed E-state index contributed by atoms with van der Waals surface area (Å²) < 4.78 is 18.5. The quantitative estimate of drug-likeness (QED) is 0.470. The summed E-state index contributed by atoms with van der Waals surface area (Å²) in [5.74, 6) is -0.667. The van der Waals surface area contributed by atoms with Gasteiger partial charge in [0.25, 0.3) is 5.88 Å². The van der Waals surface area contributed by atoms with Gasteiger partial charge in [0.15, 0.2) is 0 Å². The first-order valence-electron chi connectivity index (χ1n) is 10.8. The first-order valence-corrected chi connectivity index (χ1v) is 10.8. The topological polar surface area (TPSA) is 109 Å². The molecule has 0 radical (unpaired) electrons. The molecule has 8 nitrogen and oxygen atoms in total. The third-order valence-corrected chi connectivity index (χ3v) is 5.76. The molecule has 33 heavy (non-hydrogen) atoms. The number of hydrogen-bond donors (Lipinski definition) is 3. The van der Waals surface area contributed by atoms with Crippen molar-refractivity contribution in [3.8, 4) is 17.0 Å². The molecular weight excluding hydrogens is 425 g/mol. The van der Waals surface area contributed by atoms with E-state index < -0.39 is 11.8 Å². The number of carbonyl (C=O) groups is 1. The fourth-order valence-electron chi connectivity index (χ4n) is 4.05. The molecule has 1 aromatic carbocycles. The van der Waals surface area contributed by atoms with Crippen LogP contribution in [0.5, 0.6) is 5.88 Å². The molecule has 0 unspecified atom stereocenters.